The van der Waals surface area contributed by atoms with Crippen LogP contribution in [0, 0.1) is 11.3 Å². The molecule has 4 rings (SSSR count). The Hall–Kier alpha value is -2.12. The molecule has 1 aliphatic carbocycles. The van der Waals surface area contributed by atoms with E-state index < -0.39 is 0 Å². The first-order valence-corrected chi connectivity index (χ1v) is 8.18. The Morgan fingerprint density at radius 2 is 1.91 bits per heavy atom. The molecule has 1 aliphatic heterocycles. The SMILES string of the molecule is N#Cc1ccc(-c2c3c(nn2C2CCC2)CCNCC3)cc1. The molecular formula is C18H20N4. The van der Waals surface area contributed by atoms with Crippen LogP contribution in [0.25, 0.3) is 11.3 Å². The van der Waals surface area contributed by atoms with Gasteiger partial charge in [0.15, 0.2) is 0 Å². The van der Waals surface area contributed by atoms with Gasteiger partial charge in [0.05, 0.1) is 29.1 Å². The first kappa shape index (κ1) is 13.5. The van der Waals surface area contributed by atoms with Gasteiger partial charge in [0.2, 0.25) is 0 Å². The summed E-state index contributed by atoms with van der Waals surface area (Å²) < 4.78 is 2.28. The highest BCUT2D eigenvalue weighted by atomic mass is 15.3. The van der Waals surface area contributed by atoms with Crippen molar-refractivity contribution in [1.82, 2.24) is 15.1 Å². The van der Waals surface area contributed by atoms with Crippen molar-refractivity contribution in [3.63, 3.8) is 0 Å². The summed E-state index contributed by atoms with van der Waals surface area (Å²) in [6, 6.07) is 10.7. The molecule has 2 aromatic rings. The molecule has 0 saturated heterocycles. The lowest BCUT2D eigenvalue weighted by Gasteiger charge is -2.28. The molecule has 1 fully saturated rings. The normalized spacial score (nSPS) is 18.1. The van der Waals surface area contributed by atoms with Gasteiger partial charge in [-0.15, -0.1) is 0 Å². The zero-order valence-corrected chi connectivity index (χ0v) is 12.7. The van der Waals surface area contributed by atoms with Crippen molar-refractivity contribution < 1.29 is 0 Å². The number of nitrogens with one attached hydrogen (secondary N) is 1. The third-order valence-electron chi connectivity index (χ3n) is 4.89. The first-order chi connectivity index (χ1) is 10.9. The summed E-state index contributed by atoms with van der Waals surface area (Å²) in [4.78, 5) is 0. The fraction of sp³-hybridized carbons (Fsp3) is 0.444. The van der Waals surface area contributed by atoms with Crippen LogP contribution < -0.4 is 5.32 Å². The van der Waals surface area contributed by atoms with E-state index in [2.05, 4.69) is 28.2 Å². The topological polar surface area (TPSA) is 53.6 Å². The summed E-state index contributed by atoms with van der Waals surface area (Å²) in [6.45, 7) is 2.04. The van der Waals surface area contributed by atoms with Crippen molar-refractivity contribution in [2.45, 2.75) is 38.1 Å². The van der Waals surface area contributed by atoms with Gasteiger partial charge in [-0.3, -0.25) is 4.68 Å². The van der Waals surface area contributed by atoms with Gasteiger partial charge in [0.25, 0.3) is 0 Å². The minimum Gasteiger partial charge on any atom is -0.316 e. The fourth-order valence-corrected chi connectivity index (χ4v) is 3.43. The van der Waals surface area contributed by atoms with E-state index in [1.165, 1.54) is 41.8 Å². The van der Waals surface area contributed by atoms with Crippen LogP contribution in [-0.4, -0.2) is 22.9 Å². The lowest BCUT2D eigenvalue weighted by Crippen LogP contribution is -2.21. The lowest BCUT2D eigenvalue weighted by atomic mass is 9.92. The molecule has 0 radical (unpaired) electrons. The Bertz CT molecular complexity index is 717. The summed E-state index contributed by atoms with van der Waals surface area (Å²) in [6.07, 6.45) is 5.84. The predicted molar refractivity (Wildman–Crippen MR) is 85.5 cm³/mol. The van der Waals surface area contributed by atoms with Crippen molar-refractivity contribution in [2.24, 2.45) is 0 Å². The van der Waals surface area contributed by atoms with Crippen molar-refractivity contribution in [2.75, 3.05) is 13.1 Å². The second-order valence-corrected chi connectivity index (χ2v) is 6.24. The average molecular weight is 292 g/mol. The highest BCUT2D eigenvalue weighted by Gasteiger charge is 2.28. The Kier molecular flexibility index (Phi) is 3.44. The smallest absolute Gasteiger partial charge is 0.0991 e. The molecule has 4 heteroatoms. The quantitative estimate of drug-likeness (QED) is 0.926. The van der Waals surface area contributed by atoms with Gasteiger partial charge in [0, 0.05) is 24.1 Å². The third-order valence-corrected chi connectivity index (χ3v) is 4.89. The number of hydrogen-bond acceptors (Lipinski definition) is 3. The van der Waals surface area contributed by atoms with Gasteiger partial charge >= 0.3 is 0 Å². The Morgan fingerprint density at radius 3 is 2.59 bits per heavy atom. The van der Waals surface area contributed by atoms with Gasteiger partial charge < -0.3 is 5.32 Å². The van der Waals surface area contributed by atoms with E-state index in [4.69, 9.17) is 10.4 Å². The molecule has 1 N–H and O–H groups in total. The molecule has 22 heavy (non-hydrogen) atoms. The third kappa shape index (κ3) is 2.22. The molecule has 1 saturated carbocycles. The number of fused-ring (bicyclic) bond motifs is 1. The van der Waals surface area contributed by atoms with E-state index in [0.717, 1.165) is 25.9 Å². The predicted octanol–water partition coefficient (Wildman–Crippen LogP) is 2.83. The lowest BCUT2D eigenvalue weighted by molar-refractivity contribution is 0.290. The fourth-order valence-electron chi connectivity index (χ4n) is 3.43. The molecule has 0 spiro atoms. The van der Waals surface area contributed by atoms with Crippen LogP contribution in [0.1, 0.15) is 42.1 Å². The second kappa shape index (κ2) is 5.58. The Morgan fingerprint density at radius 1 is 1.14 bits per heavy atom. The number of nitrogens with zero attached hydrogens (tertiary/aromatic N) is 3. The zero-order chi connectivity index (χ0) is 14.9. The van der Waals surface area contributed by atoms with Crippen molar-refractivity contribution in [3.8, 4) is 17.3 Å². The highest BCUT2D eigenvalue weighted by Crippen LogP contribution is 2.38. The van der Waals surface area contributed by atoms with Gasteiger partial charge in [-0.05, 0) is 44.4 Å². The standard InChI is InChI=1S/C18H20N4/c19-12-13-4-6-14(7-5-13)18-16-8-10-20-11-9-17(16)21-22(18)15-2-1-3-15/h4-7,15,20H,1-3,8-11H2. The molecule has 4 nitrogen and oxygen atoms in total. The average Bonchev–Trinajstić information content (AvgIpc) is 2.68. The van der Waals surface area contributed by atoms with E-state index >= 15 is 0 Å². The van der Waals surface area contributed by atoms with Crippen LogP contribution in [0.5, 0.6) is 0 Å². The Balaban J connectivity index is 1.83. The number of rotatable bonds is 2. The Labute approximate surface area is 130 Å². The maximum atomic E-state index is 9.00. The van der Waals surface area contributed by atoms with E-state index in [1.807, 2.05) is 12.1 Å². The largest absolute Gasteiger partial charge is 0.316 e. The van der Waals surface area contributed by atoms with Crippen LogP contribution in [-0.2, 0) is 12.8 Å². The monoisotopic (exact) mass is 292 g/mol. The van der Waals surface area contributed by atoms with Gasteiger partial charge in [-0.1, -0.05) is 12.1 Å². The zero-order valence-electron chi connectivity index (χ0n) is 12.7. The van der Waals surface area contributed by atoms with Gasteiger partial charge in [-0.2, -0.15) is 10.4 Å². The molecule has 0 amide bonds. The highest BCUT2D eigenvalue weighted by molar-refractivity contribution is 5.66. The molecular weight excluding hydrogens is 272 g/mol. The van der Waals surface area contributed by atoms with Crippen molar-refractivity contribution in [3.05, 3.63) is 41.1 Å². The summed E-state index contributed by atoms with van der Waals surface area (Å²) in [7, 11) is 0. The maximum Gasteiger partial charge on any atom is 0.0991 e. The van der Waals surface area contributed by atoms with Crippen LogP contribution >= 0.6 is 0 Å². The molecule has 0 atom stereocenters. The van der Waals surface area contributed by atoms with Crippen molar-refractivity contribution >= 4 is 0 Å². The number of hydrogen-bond donors (Lipinski definition) is 1. The van der Waals surface area contributed by atoms with E-state index in [1.54, 1.807) is 0 Å². The molecule has 112 valence electrons. The van der Waals surface area contributed by atoms with E-state index in [0.29, 0.717) is 11.6 Å². The van der Waals surface area contributed by atoms with Gasteiger partial charge in [0.1, 0.15) is 0 Å². The second-order valence-electron chi connectivity index (χ2n) is 6.24. The molecule has 1 aromatic carbocycles. The summed E-state index contributed by atoms with van der Waals surface area (Å²) in [5.41, 5.74) is 5.86. The van der Waals surface area contributed by atoms with Crippen LogP contribution in [0.4, 0.5) is 0 Å². The minimum atomic E-state index is 0.561. The summed E-state index contributed by atoms with van der Waals surface area (Å²) >= 11 is 0. The number of nitriles is 1. The minimum absolute atomic E-state index is 0.561. The number of aromatic nitrogens is 2. The van der Waals surface area contributed by atoms with Crippen LogP contribution in [0.2, 0.25) is 0 Å². The first-order valence-electron chi connectivity index (χ1n) is 8.18. The maximum absolute atomic E-state index is 9.00. The van der Waals surface area contributed by atoms with Crippen LogP contribution in [0.3, 0.4) is 0 Å². The molecule has 2 aliphatic rings. The van der Waals surface area contributed by atoms with Crippen molar-refractivity contribution in [1.29, 1.82) is 5.26 Å². The van der Waals surface area contributed by atoms with E-state index in [9.17, 15) is 0 Å². The van der Waals surface area contributed by atoms with E-state index in [-0.39, 0.29) is 0 Å². The number of benzene rings is 1. The van der Waals surface area contributed by atoms with Gasteiger partial charge in [-0.25, -0.2) is 0 Å². The summed E-state index contributed by atoms with van der Waals surface area (Å²) in [5, 5.41) is 17.4. The molecule has 0 unspecified atom stereocenters. The molecule has 0 bridgehead atoms. The molecule has 1 aromatic heterocycles. The summed E-state index contributed by atoms with van der Waals surface area (Å²) in [5.74, 6) is 0. The molecule has 2 heterocycles. The van der Waals surface area contributed by atoms with Crippen LogP contribution in [0.15, 0.2) is 24.3 Å².